The Bertz CT molecular complexity index is 1580. The van der Waals surface area contributed by atoms with Crippen LogP contribution in [-0.4, -0.2) is 114 Å². The molecule has 3 fully saturated rings. The molecule has 2 N–H and O–H groups in total. The molecule has 1 saturated heterocycles. The van der Waals surface area contributed by atoms with Crippen molar-refractivity contribution in [3.05, 3.63) is 24.2 Å². The van der Waals surface area contributed by atoms with Crippen LogP contribution < -0.4 is 10.6 Å². The van der Waals surface area contributed by atoms with Crippen LogP contribution in [-0.2, 0) is 27.4 Å². The standard InChI is InChI=1S/C42H70N10O5/c1-40(2,3)56-38(54)50(25-15-27-52(34-16-10-8-11-17-34)39(55)57-41(4,5)6)24-14-26-51-31-33(47-48-51)30-44-37-43-23-18-35(46-37)45-32-19-28-49(29-20-32)36(53)42(7)21-12-9-13-22-42/h18,23,31-32,34H,8-17,19-22,24-30H2,1-7H3,(H2,43,44,45,46). The molecule has 15 nitrogen and oxygen atoms in total. The third kappa shape index (κ3) is 14.0. The lowest BCUT2D eigenvalue weighted by molar-refractivity contribution is -0.144. The highest BCUT2D eigenvalue weighted by molar-refractivity contribution is 5.82. The maximum atomic E-state index is 13.3. The van der Waals surface area contributed by atoms with Gasteiger partial charge < -0.3 is 34.8 Å². The summed E-state index contributed by atoms with van der Waals surface area (Å²) in [4.78, 5) is 54.6. The van der Waals surface area contributed by atoms with E-state index in [4.69, 9.17) is 9.47 Å². The van der Waals surface area contributed by atoms with Gasteiger partial charge in [0, 0.05) is 63.0 Å². The number of piperidine rings is 1. The van der Waals surface area contributed by atoms with Crippen LogP contribution in [0.15, 0.2) is 18.5 Å². The van der Waals surface area contributed by atoms with Crippen molar-refractivity contribution in [2.24, 2.45) is 5.41 Å². The van der Waals surface area contributed by atoms with E-state index < -0.39 is 11.2 Å². The van der Waals surface area contributed by atoms with Crippen LogP contribution in [0.2, 0.25) is 0 Å². The fourth-order valence-corrected chi connectivity index (χ4v) is 8.20. The fraction of sp³-hybridized carbons (Fsp3) is 0.786. The summed E-state index contributed by atoms with van der Waals surface area (Å²) in [6.07, 6.45) is 16.9. The summed E-state index contributed by atoms with van der Waals surface area (Å²) in [7, 11) is 0. The molecule has 0 bridgehead atoms. The Morgan fingerprint density at radius 2 is 1.51 bits per heavy atom. The molecule has 0 aromatic carbocycles. The SMILES string of the molecule is CC(C)(C)OC(=O)N(CCCN(C(=O)OC(C)(C)C)C1CCCCC1)CCCn1cc(CNc2nccc(NC3CCN(C(=O)C4(C)CCCCC4)CC3)n2)nn1. The number of aryl methyl sites for hydroxylation is 1. The molecular weight excluding hydrogens is 725 g/mol. The second-order valence-corrected chi connectivity index (χ2v) is 18.6. The van der Waals surface area contributed by atoms with Crippen molar-refractivity contribution in [1.82, 2.24) is 39.7 Å². The van der Waals surface area contributed by atoms with Gasteiger partial charge in [-0.3, -0.25) is 9.48 Å². The van der Waals surface area contributed by atoms with Gasteiger partial charge in [-0.2, -0.15) is 4.98 Å². The van der Waals surface area contributed by atoms with E-state index in [2.05, 4.69) is 42.7 Å². The van der Waals surface area contributed by atoms with Crippen molar-refractivity contribution in [3.63, 3.8) is 0 Å². The lowest BCUT2D eigenvalue weighted by Gasteiger charge is -2.40. The van der Waals surface area contributed by atoms with E-state index in [-0.39, 0.29) is 29.7 Å². The van der Waals surface area contributed by atoms with Crippen molar-refractivity contribution in [3.8, 4) is 0 Å². The Balaban J connectivity index is 1.07. The number of hydrogen-bond donors (Lipinski definition) is 2. The first-order valence-corrected chi connectivity index (χ1v) is 21.6. The third-order valence-electron chi connectivity index (χ3n) is 11.2. The molecular formula is C42H70N10O5. The molecule has 2 saturated carbocycles. The van der Waals surface area contributed by atoms with Gasteiger partial charge in [0.25, 0.3) is 0 Å². The Morgan fingerprint density at radius 3 is 2.19 bits per heavy atom. The normalized spacial score (nSPS) is 18.1. The van der Waals surface area contributed by atoms with Crippen LogP contribution in [0.25, 0.3) is 0 Å². The zero-order valence-electron chi connectivity index (χ0n) is 35.9. The number of ether oxygens (including phenoxy) is 2. The molecule has 15 heteroatoms. The molecule has 57 heavy (non-hydrogen) atoms. The average molecular weight is 795 g/mol. The molecule has 2 aliphatic carbocycles. The molecule has 3 heterocycles. The van der Waals surface area contributed by atoms with Crippen molar-refractivity contribution in [1.29, 1.82) is 0 Å². The van der Waals surface area contributed by atoms with Gasteiger partial charge in [0.2, 0.25) is 11.9 Å². The summed E-state index contributed by atoms with van der Waals surface area (Å²) in [6, 6.07) is 2.28. The molecule has 0 unspecified atom stereocenters. The summed E-state index contributed by atoms with van der Waals surface area (Å²) < 4.78 is 13.3. The zero-order valence-corrected chi connectivity index (χ0v) is 35.9. The summed E-state index contributed by atoms with van der Waals surface area (Å²) in [5.74, 6) is 1.58. The van der Waals surface area contributed by atoms with E-state index in [1.54, 1.807) is 15.8 Å². The lowest BCUT2D eigenvalue weighted by Crippen LogP contribution is -2.48. The summed E-state index contributed by atoms with van der Waals surface area (Å²) in [5, 5.41) is 15.5. The highest BCUT2D eigenvalue weighted by Crippen LogP contribution is 2.38. The Labute approximate surface area is 340 Å². The van der Waals surface area contributed by atoms with Gasteiger partial charge in [0.1, 0.15) is 22.7 Å². The second kappa shape index (κ2) is 20.0. The topological polar surface area (TPSA) is 160 Å². The predicted molar refractivity (Wildman–Crippen MR) is 221 cm³/mol. The molecule has 3 amide bonds. The summed E-state index contributed by atoms with van der Waals surface area (Å²) >= 11 is 0. The number of rotatable bonds is 15. The average Bonchev–Trinajstić information content (AvgIpc) is 3.62. The Morgan fingerprint density at radius 1 is 0.860 bits per heavy atom. The van der Waals surface area contributed by atoms with Crippen molar-refractivity contribution >= 4 is 29.9 Å². The Hall–Kier alpha value is -4.17. The van der Waals surface area contributed by atoms with Crippen LogP contribution in [0.3, 0.4) is 0 Å². The van der Waals surface area contributed by atoms with E-state index in [1.165, 1.54) is 12.8 Å². The van der Waals surface area contributed by atoms with Crippen molar-refractivity contribution in [2.45, 2.75) is 175 Å². The molecule has 5 rings (SSSR count). The summed E-state index contributed by atoms with van der Waals surface area (Å²) in [6.45, 7) is 17.4. The number of likely N-dealkylation sites (tertiary alicyclic amines) is 1. The van der Waals surface area contributed by atoms with E-state index in [1.807, 2.05) is 58.7 Å². The van der Waals surface area contributed by atoms with Crippen LogP contribution >= 0.6 is 0 Å². The van der Waals surface area contributed by atoms with E-state index in [9.17, 15) is 14.4 Å². The molecule has 3 aliphatic rings. The van der Waals surface area contributed by atoms with Crippen LogP contribution in [0.4, 0.5) is 21.4 Å². The largest absolute Gasteiger partial charge is 0.444 e. The van der Waals surface area contributed by atoms with Gasteiger partial charge in [-0.05, 0) is 99.0 Å². The Kier molecular flexibility index (Phi) is 15.4. The summed E-state index contributed by atoms with van der Waals surface area (Å²) in [5.41, 5.74) is -0.646. The van der Waals surface area contributed by atoms with Crippen LogP contribution in [0, 0.1) is 5.41 Å². The molecule has 318 valence electrons. The van der Waals surface area contributed by atoms with Gasteiger partial charge in [-0.1, -0.05) is 50.7 Å². The molecule has 2 aromatic heterocycles. The maximum absolute atomic E-state index is 13.3. The maximum Gasteiger partial charge on any atom is 0.410 e. The monoisotopic (exact) mass is 795 g/mol. The molecule has 1 aliphatic heterocycles. The fourth-order valence-electron chi connectivity index (χ4n) is 8.20. The van der Waals surface area contributed by atoms with E-state index in [0.717, 1.165) is 88.8 Å². The van der Waals surface area contributed by atoms with Crippen molar-refractivity contribution < 1.29 is 23.9 Å². The predicted octanol–water partition coefficient (Wildman–Crippen LogP) is 7.64. The molecule has 0 spiro atoms. The van der Waals surface area contributed by atoms with Gasteiger partial charge in [0.15, 0.2) is 0 Å². The quantitative estimate of drug-likeness (QED) is 0.182. The van der Waals surface area contributed by atoms with Gasteiger partial charge in [0.05, 0.1) is 12.7 Å². The minimum absolute atomic E-state index is 0.161. The van der Waals surface area contributed by atoms with E-state index >= 15 is 0 Å². The number of nitrogens with one attached hydrogen (secondary N) is 2. The second-order valence-electron chi connectivity index (χ2n) is 18.6. The number of anilines is 2. The highest BCUT2D eigenvalue weighted by Gasteiger charge is 2.39. The first-order valence-electron chi connectivity index (χ1n) is 21.6. The smallest absolute Gasteiger partial charge is 0.410 e. The van der Waals surface area contributed by atoms with Crippen molar-refractivity contribution in [2.75, 3.05) is 43.4 Å². The van der Waals surface area contributed by atoms with Crippen LogP contribution in [0.1, 0.15) is 144 Å². The number of carbonyl (C=O) groups excluding carboxylic acids is 3. The van der Waals surface area contributed by atoms with Gasteiger partial charge in [-0.15, -0.1) is 5.10 Å². The minimum Gasteiger partial charge on any atom is -0.444 e. The first kappa shape index (κ1) is 43.9. The van der Waals surface area contributed by atoms with Crippen LogP contribution in [0.5, 0.6) is 0 Å². The molecule has 0 radical (unpaired) electrons. The lowest BCUT2D eigenvalue weighted by atomic mass is 9.74. The van der Waals surface area contributed by atoms with Gasteiger partial charge in [-0.25, -0.2) is 14.6 Å². The van der Waals surface area contributed by atoms with E-state index in [0.29, 0.717) is 57.4 Å². The number of hydrogen-bond acceptors (Lipinski definition) is 11. The number of amides is 3. The van der Waals surface area contributed by atoms with Gasteiger partial charge >= 0.3 is 12.2 Å². The number of carbonyl (C=O) groups is 3. The number of aromatic nitrogens is 5. The third-order valence-corrected chi connectivity index (χ3v) is 11.2. The molecule has 0 atom stereocenters. The molecule has 2 aromatic rings. The zero-order chi connectivity index (χ0) is 41.1. The first-order chi connectivity index (χ1) is 27.1. The minimum atomic E-state index is -0.626. The highest BCUT2D eigenvalue weighted by atomic mass is 16.6. The number of nitrogens with zero attached hydrogens (tertiary/aromatic N) is 8.